The number of likely N-dealkylation sites (N-methyl/N-ethyl adjacent to an activating group) is 1. The maximum absolute atomic E-state index is 12.8. The minimum Gasteiger partial charge on any atom is -0.477 e. The number of unbranched alkanes of at least 4 members (excludes halogenated alkanes) is 25. The molecule has 2 unspecified atom stereocenters. The monoisotopic (exact) mass is 833 g/mol. The SMILES string of the molecule is CCCCCC/C=C/C=C/CCCCCCCCCCCCC(=O)OCC(COCCC(C(=O)O)[N+](C)(C)C)OC(=O)CCCCCCCCC/C=C/CCCCCC. The minimum absolute atomic E-state index is 0.0527. The molecule has 8 nitrogen and oxygen atoms in total. The summed E-state index contributed by atoms with van der Waals surface area (Å²) < 4.78 is 17.3. The van der Waals surface area contributed by atoms with Crippen LogP contribution in [0.4, 0.5) is 0 Å². The van der Waals surface area contributed by atoms with Crippen molar-refractivity contribution in [1.82, 2.24) is 0 Å². The number of nitrogens with zero attached hydrogens (tertiary/aromatic N) is 1. The predicted molar refractivity (Wildman–Crippen MR) is 248 cm³/mol. The van der Waals surface area contributed by atoms with E-state index < -0.39 is 18.1 Å². The molecule has 0 aromatic carbocycles. The van der Waals surface area contributed by atoms with Crippen LogP contribution in [-0.2, 0) is 28.6 Å². The summed E-state index contributed by atoms with van der Waals surface area (Å²) in [6.07, 6.45) is 49.0. The van der Waals surface area contributed by atoms with Gasteiger partial charge in [0, 0.05) is 19.3 Å². The Morgan fingerprint density at radius 3 is 1.32 bits per heavy atom. The third kappa shape index (κ3) is 40.7. The van der Waals surface area contributed by atoms with Gasteiger partial charge in [0.15, 0.2) is 12.1 Å². The van der Waals surface area contributed by atoms with Crippen LogP contribution in [0.1, 0.15) is 219 Å². The van der Waals surface area contributed by atoms with Gasteiger partial charge in [0.1, 0.15) is 6.61 Å². The lowest BCUT2D eigenvalue weighted by atomic mass is 10.1. The molecule has 2 atom stereocenters. The Morgan fingerprint density at radius 2 is 0.898 bits per heavy atom. The van der Waals surface area contributed by atoms with Crippen molar-refractivity contribution in [2.75, 3.05) is 41.0 Å². The summed E-state index contributed by atoms with van der Waals surface area (Å²) in [6, 6.07) is -0.615. The highest BCUT2D eigenvalue weighted by Crippen LogP contribution is 2.15. The van der Waals surface area contributed by atoms with Gasteiger partial charge in [0.25, 0.3) is 0 Å². The van der Waals surface area contributed by atoms with Crippen molar-refractivity contribution in [2.24, 2.45) is 0 Å². The molecule has 0 saturated carbocycles. The van der Waals surface area contributed by atoms with Gasteiger partial charge in [-0.1, -0.05) is 172 Å². The number of carboxylic acid groups (broad SMARTS) is 1. The van der Waals surface area contributed by atoms with Gasteiger partial charge in [-0.25, -0.2) is 4.79 Å². The first-order chi connectivity index (χ1) is 28.6. The number of aliphatic carboxylic acids is 1. The highest BCUT2D eigenvalue weighted by atomic mass is 16.6. The van der Waals surface area contributed by atoms with E-state index in [4.69, 9.17) is 14.2 Å². The molecule has 0 fully saturated rings. The second-order valence-corrected chi connectivity index (χ2v) is 17.7. The summed E-state index contributed by atoms with van der Waals surface area (Å²) in [5, 5.41) is 9.64. The van der Waals surface area contributed by atoms with Crippen LogP contribution < -0.4 is 0 Å². The lowest BCUT2D eigenvalue weighted by Gasteiger charge is -2.31. The van der Waals surface area contributed by atoms with E-state index in [1.807, 2.05) is 21.1 Å². The molecule has 0 radical (unpaired) electrons. The van der Waals surface area contributed by atoms with Crippen LogP contribution in [0.15, 0.2) is 36.5 Å². The van der Waals surface area contributed by atoms with Crippen molar-refractivity contribution in [2.45, 2.75) is 231 Å². The second kappa shape index (κ2) is 42.2. The quantitative estimate of drug-likeness (QED) is 0.0215. The molecule has 0 aliphatic rings. The molecule has 0 aromatic rings. The fourth-order valence-corrected chi connectivity index (χ4v) is 7.20. The topological polar surface area (TPSA) is 99.1 Å². The number of allylic oxidation sites excluding steroid dienone is 6. The summed E-state index contributed by atoms with van der Waals surface area (Å²) in [6.45, 7) is 4.72. The highest BCUT2D eigenvalue weighted by Gasteiger charge is 2.31. The van der Waals surface area contributed by atoms with E-state index in [1.54, 1.807) is 0 Å². The van der Waals surface area contributed by atoms with Crippen LogP contribution in [0.3, 0.4) is 0 Å². The molecule has 0 rings (SSSR count). The Hall–Kier alpha value is -2.45. The van der Waals surface area contributed by atoms with Crippen LogP contribution in [-0.4, -0.2) is 80.6 Å². The Bertz CT molecular complexity index is 1060. The summed E-state index contributed by atoms with van der Waals surface area (Å²) in [7, 11) is 5.53. The number of carbonyl (C=O) groups is 3. The molecule has 59 heavy (non-hydrogen) atoms. The number of carbonyl (C=O) groups excluding carboxylic acids is 2. The molecular weight excluding hydrogens is 739 g/mol. The Balaban J connectivity index is 4.26. The first-order valence-corrected chi connectivity index (χ1v) is 24.5. The average Bonchev–Trinajstić information content (AvgIpc) is 3.19. The Kier molecular flexibility index (Phi) is 40.5. The normalized spacial score (nSPS) is 13.2. The van der Waals surface area contributed by atoms with E-state index in [2.05, 4.69) is 50.3 Å². The third-order valence-electron chi connectivity index (χ3n) is 11.0. The maximum atomic E-state index is 12.8. The second-order valence-electron chi connectivity index (χ2n) is 17.7. The van der Waals surface area contributed by atoms with Gasteiger partial charge in [0.05, 0.1) is 34.4 Å². The lowest BCUT2D eigenvalue weighted by Crippen LogP contribution is -2.50. The van der Waals surface area contributed by atoms with Crippen molar-refractivity contribution < 1.29 is 38.2 Å². The minimum atomic E-state index is -0.875. The zero-order valence-corrected chi connectivity index (χ0v) is 39.2. The molecule has 0 aliphatic carbocycles. The first kappa shape index (κ1) is 56.5. The van der Waals surface area contributed by atoms with Crippen molar-refractivity contribution in [3.8, 4) is 0 Å². The summed E-state index contributed by atoms with van der Waals surface area (Å²) in [5.74, 6) is -1.47. The smallest absolute Gasteiger partial charge is 0.362 e. The fraction of sp³-hybridized carbons (Fsp3) is 0.824. The van der Waals surface area contributed by atoms with E-state index in [-0.39, 0.29) is 36.2 Å². The molecule has 0 spiro atoms. The van der Waals surface area contributed by atoms with Crippen LogP contribution in [0.25, 0.3) is 0 Å². The number of ether oxygens (including phenoxy) is 3. The van der Waals surface area contributed by atoms with Gasteiger partial charge in [-0.05, 0) is 64.2 Å². The standard InChI is InChI=1S/C51H93NO7/c1-6-8-10-12-14-16-18-20-22-23-24-25-26-28-29-31-33-35-37-39-41-49(53)58-46-47(45-57-44-43-48(51(55)56)52(3,4)5)59-50(54)42-40-38-36-34-32-30-27-21-19-17-15-13-11-9-7-2/h16-20,22,47-48H,6-15,21,23-46H2,1-5H3/p+1/b18-16+,19-17+,22-20+. The average molecular weight is 833 g/mol. The van der Waals surface area contributed by atoms with Crippen molar-refractivity contribution >= 4 is 17.9 Å². The van der Waals surface area contributed by atoms with Gasteiger partial charge in [-0.3, -0.25) is 9.59 Å². The molecule has 8 heteroatoms. The zero-order chi connectivity index (χ0) is 43.5. The van der Waals surface area contributed by atoms with Gasteiger partial charge in [0.2, 0.25) is 0 Å². The van der Waals surface area contributed by atoms with Gasteiger partial charge < -0.3 is 23.8 Å². The van der Waals surface area contributed by atoms with Crippen LogP contribution in [0.5, 0.6) is 0 Å². The Labute approximate surface area is 364 Å². The summed E-state index contributed by atoms with van der Waals surface area (Å²) >= 11 is 0. The number of hydrogen-bond donors (Lipinski definition) is 1. The third-order valence-corrected chi connectivity index (χ3v) is 11.0. The molecule has 0 aromatic heterocycles. The van der Waals surface area contributed by atoms with Crippen LogP contribution in [0, 0.1) is 0 Å². The van der Waals surface area contributed by atoms with E-state index in [0.717, 1.165) is 38.5 Å². The highest BCUT2D eigenvalue weighted by molar-refractivity contribution is 5.72. The van der Waals surface area contributed by atoms with Crippen LogP contribution in [0.2, 0.25) is 0 Å². The van der Waals surface area contributed by atoms with Gasteiger partial charge in [-0.15, -0.1) is 0 Å². The molecular formula is C51H94NO7+. The van der Waals surface area contributed by atoms with E-state index in [9.17, 15) is 19.5 Å². The van der Waals surface area contributed by atoms with Crippen molar-refractivity contribution in [1.29, 1.82) is 0 Å². The summed E-state index contributed by atoms with van der Waals surface area (Å²) in [5.41, 5.74) is 0. The van der Waals surface area contributed by atoms with E-state index in [1.165, 1.54) is 148 Å². The first-order valence-electron chi connectivity index (χ1n) is 24.5. The summed E-state index contributed by atoms with van der Waals surface area (Å²) in [4.78, 5) is 37.1. The number of hydrogen-bond acceptors (Lipinski definition) is 6. The van der Waals surface area contributed by atoms with E-state index in [0.29, 0.717) is 19.3 Å². The molecule has 0 saturated heterocycles. The number of quaternary nitrogens is 1. The number of esters is 2. The fourth-order valence-electron chi connectivity index (χ4n) is 7.20. The molecule has 0 aliphatic heterocycles. The predicted octanol–water partition coefficient (Wildman–Crippen LogP) is 13.8. The largest absolute Gasteiger partial charge is 0.477 e. The molecule has 0 amide bonds. The zero-order valence-electron chi connectivity index (χ0n) is 39.2. The van der Waals surface area contributed by atoms with Crippen molar-refractivity contribution in [3.63, 3.8) is 0 Å². The Morgan fingerprint density at radius 1 is 0.508 bits per heavy atom. The molecule has 344 valence electrons. The van der Waals surface area contributed by atoms with Crippen LogP contribution >= 0.6 is 0 Å². The molecule has 0 bridgehead atoms. The number of carboxylic acids is 1. The van der Waals surface area contributed by atoms with E-state index >= 15 is 0 Å². The lowest BCUT2D eigenvalue weighted by molar-refractivity contribution is -0.887. The molecule has 1 N–H and O–H groups in total. The molecule has 0 heterocycles. The van der Waals surface area contributed by atoms with Gasteiger partial charge in [-0.2, -0.15) is 0 Å². The van der Waals surface area contributed by atoms with Gasteiger partial charge >= 0.3 is 17.9 Å². The maximum Gasteiger partial charge on any atom is 0.362 e. The van der Waals surface area contributed by atoms with Crippen molar-refractivity contribution in [3.05, 3.63) is 36.5 Å². The number of rotatable bonds is 44.